The van der Waals surface area contributed by atoms with E-state index in [2.05, 4.69) is 10.6 Å². The monoisotopic (exact) mass is 377 g/mol. The molecule has 0 radical (unpaired) electrons. The Balaban J connectivity index is 1.82. The standard InChI is InChI=1S/C18H23N3O6/c1-11(15(23)19-9-12-5-7-13(26-4)8-6-12)27-14(22)10-21-16(24)18(2,3)20-17(21)25/h5-8,11H,9-10H2,1-4H3,(H,19,23)(H,20,25)/t11-/m0/s1. The Morgan fingerprint density at radius 2 is 1.85 bits per heavy atom. The van der Waals surface area contributed by atoms with E-state index in [1.807, 2.05) is 0 Å². The largest absolute Gasteiger partial charge is 0.497 e. The number of hydrogen-bond acceptors (Lipinski definition) is 6. The van der Waals surface area contributed by atoms with Crippen molar-refractivity contribution in [3.63, 3.8) is 0 Å². The molecule has 0 unspecified atom stereocenters. The Hall–Kier alpha value is -3.10. The van der Waals surface area contributed by atoms with Crippen LogP contribution in [-0.2, 0) is 25.7 Å². The van der Waals surface area contributed by atoms with E-state index in [0.717, 1.165) is 10.5 Å². The maximum absolute atomic E-state index is 12.1. The van der Waals surface area contributed by atoms with E-state index in [-0.39, 0.29) is 6.54 Å². The molecule has 1 heterocycles. The third-order valence-electron chi connectivity index (χ3n) is 4.03. The fourth-order valence-corrected chi connectivity index (χ4v) is 2.45. The summed E-state index contributed by atoms with van der Waals surface area (Å²) in [5.74, 6) is -1.16. The average molecular weight is 377 g/mol. The van der Waals surface area contributed by atoms with Crippen molar-refractivity contribution in [1.82, 2.24) is 15.5 Å². The first-order valence-electron chi connectivity index (χ1n) is 8.38. The van der Waals surface area contributed by atoms with E-state index in [1.165, 1.54) is 20.8 Å². The lowest BCUT2D eigenvalue weighted by Crippen LogP contribution is -2.42. The van der Waals surface area contributed by atoms with Crippen molar-refractivity contribution in [3.05, 3.63) is 29.8 Å². The minimum atomic E-state index is -1.07. The minimum Gasteiger partial charge on any atom is -0.497 e. The number of nitrogens with zero attached hydrogens (tertiary/aromatic N) is 1. The molecule has 0 saturated carbocycles. The van der Waals surface area contributed by atoms with E-state index in [9.17, 15) is 19.2 Å². The van der Waals surface area contributed by atoms with Crippen LogP contribution >= 0.6 is 0 Å². The Labute approximate surface area is 157 Å². The highest BCUT2D eigenvalue weighted by atomic mass is 16.5. The van der Waals surface area contributed by atoms with Crippen molar-refractivity contribution in [2.45, 2.75) is 39.0 Å². The molecule has 146 valence electrons. The topological polar surface area (TPSA) is 114 Å². The quantitative estimate of drug-likeness (QED) is 0.531. The molecule has 1 atom stereocenters. The van der Waals surface area contributed by atoms with E-state index in [4.69, 9.17) is 9.47 Å². The summed E-state index contributed by atoms with van der Waals surface area (Å²) >= 11 is 0. The third kappa shape index (κ3) is 4.96. The highest BCUT2D eigenvalue weighted by Gasteiger charge is 2.45. The first kappa shape index (κ1) is 20.2. The van der Waals surface area contributed by atoms with E-state index in [0.29, 0.717) is 5.75 Å². The van der Waals surface area contributed by atoms with Gasteiger partial charge in [-0.2, -0.15) is 0 Å². The molecule has 2 N–H and O–H groups in total. The molecule has 9 nitrogen and oxygen atoms in total. The number of amides is 4. The summed E-state index contributed by atoms with van der Waals surface area (Å²) in [6, 6.07) is 6.47. The number of esters is 1. The van der Waals surface area contributed by atoms with Crippen LogP contribution in [0.3, 0.4) is 0 Å². The summed E-state index contributed by atoms with van der Waals surface area (Å²) in [5, 5.41) is 5.11. The molecule has 0 aromatic heterocycles. The molecule has 1 saturated heterocycles. The summed E-state index contributed by atoms with van der Waals surface area (Å²) in [5.41, 5.74) is -0.220. The molecule has 1 aliphatic rings. The van der Waals surface area contributed by atoms with Crippen molar-refractivity contribution in [1.29, 1.82) is 0 Å². The molecule has 27 heavy (non-hydrogen) atoms. The molecule has 9 heteroatoms. The molecular weight excluding hydrogens is 354 g/mol. The van der Waals surface area contributed by atoms with Crippen LogP contribution in [0, 0.1) is 0 Å². The van der Waals surface area contributed by atoms with E-state index >= 15 is 0 Å². The van der Waals surface area contributed by atoms with Gasteiger partial charge in [-0.15, -0.1) is 0 Å². The zero-order valence-electron chi connectivity index (χ0n) is 15.7. The van der Waals surface area contributed by atoms with E-state index in [1.54, 1.807) is 31.4 Å². The van der Waals surface area contributed by atoms with Crippen molar-refractivity contribution in [3.8, 4) is 5.75 Å². The summed E-state index contributed by atoms with van der Waals surface area (Å²) in [4.78, 5) is 48.6. The van der Waals surface area contributed by atoms with Crippen LogP contribution in [0.5, 0.6) is 5.75 Å². The lowest BCUT2D eigenvalue weighted by atomic mass is 10.1. The Kier molecular flexibility index (Phi) is 6.04. The molecule has 2 rings (SSSR count). The van der Waals surface area contributed by atoms with Gasteiger partial charge in [0.2, 0.25) is 0 Å². The fourth-order valence-electron chi connectivity index (χ4n) is 2.45. The highest BCUT2D eigenvalue weighted by Crippen LogP contribution is 2.16. The minimum absolute atomic E-state index is 0.256. The van der Waals surface area contributed by atoms with Crippen LogP contribution in [-0.4, -0.2) is 54.0 Å². The molecular formula is C18H23N3O6. The number of carbonyl (C=O) groups is 4. The van der Waals surface area contributed by atoms with Gasteiger partial charge < -0.3 is 20.1 Å². The predicted molar refractivity (Wildman–Crippen MR) is 94.7 cm³/mol. The first-order valence-corrected chi connectivity index (χ1v) is 8.38. The summed E-state index contributed by atoms with van der Waals surface area (Å²) in [6.07, 6.45) is -1.07. The van der Waals surface area contributed by atoms with Gasteiger partial charge in [0.15, 0.2) is 6.10 Å². The van der Waals surface area contributed by atoms with E-state index < -0.39 is 42.0 Å². The molecule has 0 aliphatic carbocycles. The molecule has 1 aliphatic heterocycles. The Morgan fingerprint density at radius 3 is 2.37 bits per heavy atom. The van der Waals surface area contributed by atoms with Gasteiger partial charge in [0.25, 0.3) is 11.8 Å². The van der Waals surface area contributed by atoms with Gasteiger partial charge in [-0.3, -0.25) is 19.3 Å². The number of imide groups is 1. The number of nitrogens with one attached hydrogen (secondary N) is 2. The number of rotatable bonds is 7. The SMILES string of the molecule is COc1ccc(CNC(=O)[C@H](C)OC(=O)CN2C(=O)NC(C)(C)C2=O)cc1. The average Bonchev–Trinajstić information content (AvgIpc) is 2.81. The van der Waals surface area contributed by atoms with Crippen LogP contribution in [0.2, 0.25) is 0 Å². The Morgan fingerprint density at radius 1 is 1.22 bits per heavy atom. The third-order valence-corrected chi connectivity index (χ3v) is 4.03. The zero-order chi connectivity index (χ0) is 20.2. The second-order valence-electron chi connectivity index (χ2n) is 6.64. The van der Waals surface area contributed by atoms with Gasteiger partial charge in [-0.25, -0.2) is 4.79 Å². The normalized spacial score (nSPS) is 16.5. The maximum Gasteiger partial charge on any atom is 0.327 e. The number of ether oxygens (including phenoxy) is 2. The molecule has 1 aromatic carbocycles. The number of hydrogen-bond donors (Lipinski definition) is 2. The predicted octanol–water partition coefficient (Wildman–Crippen LogP) is 0.574. The van der Waals surface area contributed by atoms with Crippen LogP contribution in [0.1, 0.15) is 26.3 Å². The Bertz CT molecular complexity index is 744. The van der Waals surface area contributed by atoms with Crippen molar-refractivity contribution >= 4 is 23.8 Å². The summed E-state index contributed by atoms with van der Waals surface area (Å²) in [6.45, 7) is 4.19. The molecule has 1 aromatic rings. The molecule has 0 bridgehead atoms. The summed E-state index contributed by atoms with van der Waals surface area (Å²) < 4.78 is 10.1. The second-order valence-corrected chi connectivity index (χ2v) is 6.64. The van der Waals surface area contributed by atoms with Crippen LogP contribution in [0.15, 0.2) is 24.3 Å². The fraction of sp³-hybridized carbons (Fsp3) is 0.444. The lowest BCUT2D eigenvalue weighted by Gasteiger charge is -2.17. The maximum atomic E-state index is 12.1. The molecule has 4 amide bonds. The second kappa shape index (κ2) is 8.07. The first-order chi connectivity index (χ1) is 12.6. The summed E-state index contributed by atoms with van der Waals surface area (Å²) in [7, 11) is 1.56. The van der Waals surface area contributed by atoms with Gasteiger partial charge in [-0.1, -0.05) is 12.1 Å². The number of methoxy groups -OCH3 is 1. The van der Waals surface area contributed by atoms with Crippen LogP contribution in [0.25, 0.3) is 0 Å². The van der Waals surface area contributed by atoms with Crippen molar-refractivity contribution in [2.24, 2.45) is 0 Å². The zero-order valence-corrected chi connectivity index (χ0v) is 15.7. The smallest absolute Gasteiger partial charge is 0.327 e. The van der Waals surface area contributed by atoms with Gasteiger partial charge in [0, 0.05) is 6.54 Å². The lowest BCUT2D eigenvalue weighted by molar-refractivity contribution is -0.156. The van der Waals surface area contributed by atoms with Crippen LogP contribution in [0.4, 0.5) is 4.79 Å². The highest BCUT2D eigenvalue weighted by molar-refractivity contribution is 6.08. The van der Waals surface area contributed by atoms with Crippen molar-refractivity contribution in [2.75, 3.05) is 13.7 Å². The number of benzene rings is 1. The van der Waals surface area contributed by atoms with Crippen molar-refractivity contribution < 1.29 is 28.7 Å². The van der Waals surface area contributed by atoms with Gasteiger partial charge in [0.1, 0.15) is 17.8 Å². The number of urea groups is 1. The van der Waals surface area contributed by atoms with Gasteiger partial charge >= 0.3 is 12.0 Å². The molecule has 1 fully saturated rings. The molecule has 0 spiro atoms. The number of carbonyl (C=O) groups excluding carboxylic acids is 4. The van der Waals surface area contributed by atoms with Crippen LogP contribution < -0.4 is 15.4 Å². The van der Waals surface area contributed by atoms with Gasteiger partial charge in [0.05, 0.1) is 7.11 Å². The van der Waals surface area contributed by atoms with Gasteiger partial charge in [-0.05, 0) is 38.5 Å².